The Kier molecular flexibility index (Phi) is 3.69. The number of hydrogen-bond donors (Lipinski definition) is 2. The number of carbonyl (C=O) groups excluding carboxylic acids is 2. The Balaban J connectivity index is 1.80. The minimum Gasteiger partial charge on any atom is -0.354 e. The summed E-state index contributed by atoms with van der Waals surface area (Å²) in [6.07, 6.45) is 2.63. The Morgan fingerprint density at radius 3 is 3.05 bits per heavy atom. The summed E-state index contributed by atoms with van der Waals surface area (Å²) in [6.45, 7) is 0.701. The van der Waals surface area contributed by atoms with Crippen molar-refractivity contribution in [2.75, 3.05) is 6.54 Å². The lowest BCUT2D eigenvalue weighted by molar-refractivity contribution is -0.122. The van der Waals surface area contributed by atoms with Crippen molar-refractivity contribution in [1.29, 1.82) is 0 Å². The van der Waals surface area contributed by atoms with E-state index in [4.69, 9.17) is 0 Å². The van der Waals surface area contributed by atoms with Crippen LogP contribution in [0.3, 0.4) is 0 Å². The number of hydrogen-bond acceptors (Lipinski definition) is 3. The van der Waals surface area contributed by atoms with Gasteiger partial charge in [-0.25, -0.2) is 0 Å². The monoisotopic (exact) mass is 288 g/mol. The number of benzene rings is 1. The number of thiophene rings is 1. The molecule has 3 rings (SSSR count). The number of carbonyl (C=O) groups is 2. The smallest absolute Gasteiger partial charge is 0.253 e. The average molecular weight is 288 g/mol. The van der Waals surface area contributed by atoms with E-state index >= 15 is 0 Å². The van der Waals surface area contributed by atoms with Gasteiger partial charge in [-0.15, -0.1) is 11.3 Å². The molecule has 0 aliphatic carbocycles. The maximum absolute atomic E-state index is 12.4. The molecule has 1 aliphatic heterocycles. The summed E-state index contributed by atoms with van der Waals surface area (Å²) in [5.74, 6) is -0.236. The molecule has 1 aromatic carbocycles. The van der Waals surface area contributed by atoms with Crippen LogP contribution in [0.5, 0.6) is 0 Å². The molecule has 1 atom stereocenters. The van der Waals surface area contributed by atoms with E-state index in [-0.39, 0.29) is 11.8 Å². The topological polar surface area (TPSA) is 58.2 Å². The molecule has 0 radical (unpaired) electrons. The maximum atomic E-state index is 12.4. The van der Waals surface area contributed by atoms with Gasteiger partial charge in [-0.1, -0.05) is 18.2 Å². The zero-order chi connectivity index (χ0) is 13.9. The lowest BCUT2D eigenvalue weighted by Crippen LogP contribution is -2.45. The summed E-state index contributed by atoms with van der Waals surface area (Å²) in [6, 6.07) is 7.40. The fourth-order valence-electron chi connectivity index (χ4n) is 2.47. The summed E-state index contributed by atoms with van der Waals surface area (Å²) in [7, 11) is 0. The van der Waals surface area contributed by atoms with Crippen molar-refractivity contribution >= 4 is 33.2 Å². The molecule has 0 bridgehead atoms. The highest BCUT2D eigenvalue weighted by atomic mass is 32.1. The normalized spacial score (nSPS) is 19.4. The standard InChI is InChI=1S/C15H16N2O2S/c18-14(17-12-6-3-4-8-16-15(12)19)11-9-20-13-7-2-1-5-10(11)13/h1-2,5,7,9,12H,3-4,6,8H2,(H,16,19)(H,17,18)/t12-/m0/s1. The van der Waals surface area contributed by atoms with Crippen molar-refractivity contribution in [3.05, 3.63) is 35.2 Å². The first-order valence-corrected chi connectivity index (χ1v) is 7.68. The molecule has 2 amide bonds. The Hall–Kier alpha value is -1.88. The third-order valence-electron chi connectivity index (χ3n) is 3.57. The summed E-state index contributed by atoms with van der Waals surface area (Å²) < 4.78 is 1.09. The SMILES string of the molecule is O=C(N[C@H]1CCCCNC1=O)c1csc2ccccc12. The van der Waals surface area contributed by atoms with Crippen molar-refractivity contribution in [3.8, 4) is 0 Å². The number of nitrogens with one attached hydrogen (secondary N) is 2. The second-order valence-corrected chi connectivity index (χ2v) is 5.87. The molecule has 2 heterocycles. The van der Waals surface area contributed by atoms with E-state index in [2.05, 4.69) is 10.6 Å². The van der Waals surface area contributed by atoms with Crippen LogP contribution in [-0.4, -0.2) is 24.4 Å². The van der Waals surface area contributed by atoms with Gasteiger partial charge in [-0.2, -0.15) is 0 Å². The molecule has 1 fully saturated rings. The molecule has 104 valence electrons. The second kappa shape index (κ2) is 5.63. The third kappa shape index (κ3) is 2.54. The lowest BCUT2D eigenvalue weighted by atomic mass is 10.1. The highest BCUT2D eigenvalue weighted by molar-refractivity contribution is 7.17. The van der Waals surface area contributed by atoms with Crippen molar-refractivity contribution in [2.45, 2.75) is 25.3 Å². The molecule has 0 saturated carbocycles. The number of fused-ring (bicyclic) bond motifs is 1. The third-order valence-corrected chi connectivity index (χ3v) is 4.53. The Morgan fingerprint density at radius 2 is 2.15 bits per heavy atom. The highest BCUT2D eigenvalue weighted by Gasteiger charge is 2.23. The van der Waals surface area contributed by atoms with Gasteiger partial charge in [0.05, 0.1) is 5.56 Å². The molecular weight excluding hydrogens is 272 g/mol. The van der Waals surface area contributed by atoms with Gasteiger partial charge in [0, 0.05) is 22.0 Å². The van der Waals surface area contributed by atoms with Gasteiger partial charge in [0.2, 0.25) is 5.91 Å². The van der Waals surface area contributed by atoms with Gasteiger partial charge >= 0.3 is 0 Å². The van der Waals surface area contributed by atoms with Crippen LogP contribution in [0.2, 0.25) is 0 Å². The second-order valence-electron chi connectivity index (χ2n) is 4.96. The van der Waals surface area contributed by atoms with E-state index in [1.165, 1.54) is 0 Å². The molecule has 5 heteroatoms. The summed E-state index contributed by atoms with van der Waals surface area (Å²) in [5, 5.41) is 8.49. The summed E-state index contributed by atoms with van der Waals surface area (Å²) in [4.78, 5) is 24.2. The van der Waals surface area contributed by atoms with Crippen LogP contribution in [0.1, 0.15) is 29.6 Å². The number of amides is 2. The molecule has 0 unspecified atom stereocenters. The molecule has 2 aromatic rings. The molecule has 0 spiro atoms. The first-order valence-electron chi connectivity index (χ1n) is 6.80. The molecule has 20 heavy (non-hydrogen) atoms. The van der Waals surface area contributed by atoms with Crippen LogP contribution >= 0.6 is 11.3 Å². The van der Waals surface area contributed by atoms with E-state index in [1.807, 2.05) is 29.6 Å². The Bertz CT molecular complexity index is 650. The average Bonchev–Trinajstić information content (AvgIpc) is 2.79. The minimum absolute atomic E-state index is 0.0737. The van der Waals surface area contributed by atoms with Crippen molar-refractivity contribution in [1.82, 2.24) is 10.6 Å². The molecule has 2 N–H and O–H groups in total. The van der Waals surface area contributed by atoms with Crippen LogP contribution in [0.15, 0.2) is 29.6 Å². The zero-order valence-corrected chi connectivity index (χ0v) is 11.8. The van der Waals surface area contributed by atoms with Crippen molar-refractivity contribution in [3.63, 3.8) is 0 Å². The van der Waals surface area contributed by atoms with Crippen molar-refractivity contribution < 1.29 is 9.59 Å². The molecular formula is C15H16N2O2S. The van der Waals surface area contributed by atoms with E-state index in [1.54, 1.807) is 11.3 Å². The predicted octanol–water partition coefficient (Wildman–Crippen LogP) is 2.30. The fraction of sp³-hybridized carbons (Fsp3) is 0.333. The Morgan fingerprint density at radius 1 is 1.30 bits per heavy atom. The number of rotatable bonds is 2. The first kappa shape index (κ1) is 13.1. The maximum Gasteiger partial charge on any atom is 0.253 e. The molecule has 4 nitrogen and oxygen atoms in total. The van der Waals surface area contributed by atoms with E-state index in [0.29, 0.717) is 18.5 Å². The van der Waals surface area contributed by atoms with Gasteiger partial charge in [-0.3, -0.25) is 9.59 Å². The largest absolute Gasteiger partial charge is 0.354 e. The zero-order valence-electron chi connectivity index (χ0n) is 11.0. The summed E-state index contributed by atoms with van der Waals surface area (Å²) in [5.41, 5.74) is 0.655. The van der Waals surface area contributed by atoms with Gasteiger partial charge in [-0.05, 0) is 25.3 Å². The molecule has 1 saturated heterocycles. The summed E-state index contributed by atoms with van der Waals surface area (Å²) >= 11 is 1.55. The van der Waals surface area contributed by atoms with Crippen LogP contribution < -0.4 is 10.6 Å². The predicted molar refractivity (Wildman–Crippen MR) is 79.9 cm³/mol. The quantitative estimate of drug-likeness (QED) is 0.891. The van der Waals surface area contributed by atoms with Gasteiger partial charge < -0.3 is 10.6 Å². The first-order chi connectivity index (χ1) is 9.75. The van der Waals surface area contributed by atoms with Crippen LogP contribution in [-0.2, 0) is 4.79 Å². The van der Waals surface area contributed by atoms with E-state index in [0.717, 1.165) is 22.9 Å². The minimum atomic E-state index is -0.413. The Labute approximate surface area is 121 Å². The van der Waals surface area contributed by atoms with Crippen LogP contribution in [0.4, 0.5) is 0 Å². The lowest BCUT2D eigenvalue weighted by Gasteiger charge is -2.14. The molecule has 1 aromatic heterocycles. The van der Waals surface area contributed by atoms with Crippen LogP contribution in [0.25, 0.3) is 10.1 Å². The highest BCUT2D eigenvalue weighted by Crippen LogP contribution is 2.25. The van der Waals surface area contributed by atoms with Crippen molar-refractivity contribution in [2.24, 2.45) is 0 Å². The van der Waals surface area contributed by atoms with Crippen LogP contribution in [0, 0.1) is 0 Å². The molecule has 1 aliphatic rings. The van der Waals surface area contributed by atoms with E-state index in [9.17, 15) is 9.59 Å². The van der Waals surface area contributed by atoms with Gasteiger partial charge in [0.25, 0.3) is 5.91 Å². The van der Waals surface area contributed by atoms with Gasteiger partial charge in [0.1, 0.15) is 6.04 Å². The van der Waals surface area contributed by atoms with E-state index < -0.39 is 6.04 Å². The van der Waals surface area contributed by atoms with Gasteiger partial charge in [0.15, 0.2) is 0 Å². The fourth-order valence-corrected chi connectivity index (χ4v) is 3.41.